The monoisotopic (exact) mass is 249 g/mol. The van der Waals surface area contributed by atoms with Gasteiger partial charge in [0.2, 0.25) is 0 Å². The topological polar surface area (TPSA) is 30.5 Å². The van der Waals surface area contributed by atoms with Crippen LogP contribution in [0.25, 0.3) is 6.08 Å². The van der Waals surface area contributed by atoms with Crippen molar-refractivity contribution in [2.24, 2.45) is 0 Å². The van der Waals surface area contributed by atoms with Gasteiger partial charge in [-0.15, -0.1) is 0 Å². The zero-order valence-corrected chi connectivity index (χ0v) is 11.7. The van der Waals surface area contributed by atoms with Gasteiger partial charge in [0.15, 0.2) is 11.5 Å². The molecule has 18 heavy (non-hydrogen) atoms. The normalized spacial score (nSPS) is 11.4. The number of hydrogen-bond acceptors (Lipinski definition) is 3. The third-order valence-corrected chi connectivity index (χ3v) is 2.72. The predicted octanol–water partition coefficient (Wildman–Crippen LogP) is 3.11. The Bertz CT molecular complexity index is 399. The molecule has 3 nitrogen and oxygen atoms in total. The molecular weight excluding hydrogens is 226 g/mol. The summed E-state index contributed by atoms with van der Waals surface area (Å²) in [5, 5.41) is 3.18. The molecule has 0 aromatic heterocycles. The molecule has 0 amide bonds. The zero-order valence-electron chi connectivity index (χ0n) is 11.7. The highest BCUT2D eigenvalue weighted by Gasteiger charge is 2.04. The van der Waals surface area contributed by atoms with Crippen LogP contribution in [0.5, 0.6) is 11.5 Å². The smallest absolute Gasteiger partial charge is 0.161 e. The molecule has 0 spiro atoms. The van der Waals surface area contributed by atoms with Crippen LogP contribution in [0.15, 0.2) is 23.8 Å². The Kier molecular flexibility index (Phi) is 6.29. The maximum atomic E-state index is 5.50. The molecule has 0 aliphatic carbocycles. The van der Waals surface area contributed by atoms with E-state index in [4.69, 9.17) is 9.47 Å². The molecule has 0 saturated heterocycles. The highest BCUT2D eigenvalue weighted by atomic mass is 16.5. The first-order chi connectivity index (χ1) is 8.74. The number of benzene rings is 1. The van der Waals surface area contributed by atoms with E-state index in [9.17, 15) is 0 Å². The molecule has 0 saturated carbocycles. The first-order valence-corrected chi connectivity index (χ1v) is 6.40. The first kappa shape index (κ1) is 14.6. The summed E-state index contributed by atoms with van der Waals surface area (Å²) in [6.07, 6.45) is 3.23. The summed E-state index contributed by atoms with van der Waals surface area (Å²) in [5.41, 5.74) is 2.51. The summed E-state index contributed by atoms with van der Waals surface area (Å²) in [7, 11) is 3.63. The van der Waals surface area contributed by atoms with Crippen molar-refractivity contribution in [3.63, 3.8) is 0 Å². The molecule has 1 aromatic rings. The van der Waals surface area contributed by atoms with Crippen LogP contribution in [-0.2, 0) is 0 Å². The molecule has 1 rings (SSSR count). The van der Waals surface area contributed by atoms with E-state index in [1.165, 1.54) is 5.57 Å². The van der Waals surface area contributed by atoms with Crippen LogP contribution in [0.2, 0.25) is 0 Å². The van der Waals surface area contributed by atoms with Crippen molar-refractivity contribution >= 4 is 6.08 Å². The summed E-state index contributed by atoms with van der Waals surface area (Å²) in [5.74, 6) is 1.58. The lowest BCUT2D eigenvalue weighted by atomic mass is 10.1. The fourth-order valence-corrected chi connectivity index (χ4v) is 1.79. The van der Waals surface area contributed by atoms with Gasteiger partial charge < -0.3 is 14.8 Å². The fourth-order valence-electron chi connectivity index (χ4n) is 1.79. The minimum Gasteiger partial charge on any atom is -0.493 e. The van der Waals surface area contributed by atoms with Gasteiger partial charge in [0.25, 0.3) is 0 Å². The molecule has 0 aliphatic heterocycles. The van der Waals surface area contributed by atoms with Crippen LogP contribution >= 0.6 is 0 Å². The van der Waals surface area contributed by atoms with Crippen LogP contribution in [0, 0.1) is 0 Å². The quantitative estimate of drug-likeness (QED) is 0.805. The molecule has 0 atom stereocenters. The van der Waals surface area contributed by atoms with Gasteiger partial charge in [-0.05, 0) is 38.1 Å². The zero-order chi connectivity index (χ0) is 13.4. The number of methoxy groups -OCH3 is 1. The highest BCUT2D eigenvalue weighted by Crippen LogP contribution is 2.29. The molecule has 0 fully saturated rings. The number of likely N-dealkylation sites (N-methyl/N-ethyl adjacent to an activating group) is 1. The van der Waals surface area contributed by atoms with Crippen molar-refractivity contribution in [3.8, 4) is 11.5 Å². The Morgan fingerprint density at radius 1 is 1.28 bits per heavy atom. The SMILES string of the molecule is CCOc1ccc(C=C(CC)CNC)cc1OC. The number of nitrogens with one attached hydrogen (secondary N) is 1. The lowest BCUT2D eigenvalue weighted by Gasteiger charge is -2.10. The van der Waals surface area contributed by atoms with Crippen molar-refractivity contribution in [2.75, 3.05) is 27.3 Å². The summed E-state index contributed by atoms with van der Waals surface area (Å²) in [4.78, 5) is 0. The second-order valence-electron chi connectivity index (χ2n) is 4.03. The molecule has 0 unspecified atom stereocenters. The average molecular weight is 249 g/mol. The van der Waals surface area contributed by atoms with Crippen molar-refractivity contribution in [1.82, 2.24) is 5.32 Å². The van der Waals surface area contributed by atoms with Crippen molar-refractivity contribution < 1.29 is 9.47 Å². The van der Waals surface area contributed by atoms with Gasteiger partial charge >= 0.3 is 0 Å². The van der Waals surface area contributed by atoms with Crippen LogP contribution in [0.1, 0.15) is 25.8 Å². The Balaban J connectivity index is 2.97. The fraction of sp³-hybridized carbons (Fsp3) is 0.467. The van der Waals surface area contributed by atoms with Crippen molar-refractivity contribution in [3.05, 3.63) is 29.3 Å². The third kappa shape index (κ3) is 4.08. The van der Waals surface area contributed by atoms with Gasteiger partial charge in [-0.1, -0.05) is 24.6 Å². The molecule has 3 heteroatoms. The van der Waals surface area contributed by atoms with E-state index in [2.05, 4.69) is 24.4 Å². The van der Waals surface area contributed by atoms with E-state index in [1.807, 2.05) is 26.1 Å². The Labute approximate surface area is 110 Å². The highest BCUT2D eigenvalue weighted by molar-refractivity contribution is 5.58. The Hall–Kier alpha value is -1.48. The summed E-state index contributed by atoms with van der Waals surface area (Å²) >= 11 is 0. The van der Waals surface area contributed by atoms with Crippen LogP contribution in [0.4, 0.5) is 0 Å². The van der Waals surface area contributed by atoms with Crippen LogP contribution in [0.3, 0.4) is 0 Å². The van der Waals surface area contributed by atoms with E-state index in [1.54, 1.807) is 7.11 Å². The van der Waals surface area contributed by atoms with E-state index >= 15 is 0 Å². The van der Waals surface area contributed by atoms with Crippen molar-refractivity contribution in [1.29, 1.82) is 0 Å². The molecule has 1 aromatic carbocycles. The average Bonchev–Trinajstić information content (AvgIpc) is 2.40. The molecule has 0 radical (unpaired) electrons. The largest absolute Gasteiger partial charge is 0.493 e. The van der Waals surface area contributed by atoms with E-state index < -0.39 is 0 Å². The molecule has 0 bridgehead atoms. The Morgan fingerprint density at radius 3 is 2.61 bits per heavy atom. The maximum Gasteiger partial charge on any atom is 0.161 e. The second kappa shape index (κ2) is 7.77. The Morgan fingerprint density at radius 2 is 2.06 bits per heavy atom. The van der Waals surface area contributed by atoms with Gasteiger partial charge in [0.1, 0.15) is 0 Å². The number of ether oxygens (including phenoxy) is 2. The summed E-state index contributed by atoms with van der Waals surface area (Å²) in [6.45, 7) is 5.68. The van der Waals surface area contributed by atoms with Gasteiger partial charge in [-0.3, -0.25) is 0 Å². The molecule has 100 valence electrons. The minimum absolute atomic E-state index is 0.644. The van der Waals surface area contributed by atoms with Gasteiger partial charge in [0, 0.05) is 6.54 Å². The summed E-state index contributed by atoms with van der Waals surface area (Å²) in [6, 6.07) is 6.02. The van der Waals surface area contributed by atoms with Crippen molar-refractivity contribution in [2.45, 2.75) is 20.3 Å². The van der Waals surface area contributed by atoms with Gasteiger partial charge in [-0.25, -0.2) is 0 Å². The molecule has 1 N–H and O–H groups in total. The minimum atomic E-state index is 0.644. The molecular formula is C15H23NO2. The lowest BCUT2D eigenvalue weighted by molar-refractivity contribution is 0.311. The van der Waals surface area contributed by atoms with Crippen LogP contribution in [-0.4, -0.2) is 27.3 Å². The molecule has 0 aliphatic rings. The van der Waals surface area contributed by atoms with Crippen LogP contribution < -0.4 is 14.8 Å². The number of hydrogen-bond donors (Lipinski definition) is 1. The lowest BCUT2D eigenvalue weighted by Crippen LogP contribution is -2.09. The predicted molar refractivity (Wildman–Crippen MR) is 76.4 cm³/mol. The van der Waals surface area contributed by atoms with E-state index in [-0.39, 0.29) is 0 Å². The second-order valence-corrected chi connectivity index (χ2v) is 4.03. The maximum absolute atomic E-state index is 5.50. The molecule has 0 heterocycles. The number of rotatable bonds is 7. The standard InChI is InChI=1S/C15H23NO2/c1-5-12(11-16-3)9-13-7-8-14(18-6-2)15(10-13)17-4/h7-10,16H,5-6,11H2,1-4H3. The summed E-state index contributed by atoms with van der Waals surface area (Å²) < 4.78 is 10.8. The van der Waals surface area contributed by atoms with E-state index in [0.29, 0.717) is 6.61 Å². The third-order valence-electron chi connectivity index (χ3n) is 2.72. The van der Waals surface area contributed by atoms with E-state index in [0.717, 1.165) is 30.0 Å². The van der Waals surface area contributed by atoms with Gasteiger partial charge in [0.05, 0.1) is 13.7 Å². The first-order valence-electron chi connectivity index (χ1n) is 6.40. The van der Waals surface area contributed by atoms with Gasteiger partial charge in [-0.2, -0.15) is 0 Å².